The summed E-state index contributed by atoms with van der Waals surface area (Å²) in [6, 6.07) is 15.9. The largest absolute Gasteiger partial charge is 0.496 e. The first kappa shape index (κ1) is 17.5. The molecule has 2 aromatic rings. The zero-order valence-corrected chi connectivity index (χ0v) is 15.3. The standard InChI is InChI=1S/C20H24N2O2S/c1-23-19-9-5-2-6-15(19)14-21-20(25)22-16-10-12-18(13-11-16)24-17-7-3-4-8-17/h2,5-6,9-13,17H,3-4,7-8,14H2,1H3,(H2,21,22,25). The predicted octanol–water partition coefficient (Wildman–Crippen LogP) is 4.50. The summed E-state index contributed by atoms with van der Waals surface area (Å²) in [5.74, 6) is 1.77. The summed E-state index contributed by atoms with van der Waals surface area (Å²) in [6.45, 7) is 0.610. The number of para-hydroxylation sites is 1. The molecule has 3 rings (SSSR count). The average Bonchev–Trinajstić information content (AvgIpc) is 3.15. The number of nitrogens with one attached hydrogen (secondary N) is 2. The van der Waals surface area contributed by atoms with Crippen molar-refractivity contribution < 1.29 is 9.47 Å². The van der Waals surface area contributed by atoms with Gasteiger partial charge in [0.1, 0.15) is 11.5 Å². The molecule has 1 aliphatic carbocycles. The van der Waals surface area contributed by atoms with E-state index >= 15 is 0 Å². The average molecular weight is 356 g/mol. The van der Waals surface area contributed by atoms with E-state index in [0.29, 0.717) is 17.8 Å². The van der Waals surface area contributed by atoms with Gasteiger partial charge in [0, 0.05) is 17.8 Å². The van der Waals surface area contributed by atoms with Crippen LogP contribution >= 0.6 is 12.2 Å². The molecule has 0 radical (unpaired) electrons. The number of methoxy groups -OCH3 is 1. The molecule has 1 fully saturated rings. The summed E-state index contributed by atoms with van der Waals surface area (Å²) < 4.78 is 11.3. The number of hydrogen-bond donors (Lipinski definition) is 2. The van der Waals surface area contributed by atoms with Crippen LogP contribution in [-0.2, 0) is 6.54 Å². The van der Waals surface area contributed by atoms with Gasteiger partial charge in [0.15, 0.2) is 5.11 Å². The topological polar surface area (TPSA) is 42.5 Å². The number of benzene rings is 2. The zero-order chi connectivity index (χ0) is 17.5. The molecule has 2 N–H and O–H groups in total. The molecule has 0 heterocycles. The van der Waals surface area contributed by atoms with Crippen molar-refractivity contribution in [2.24, 2.45) is 0 Å². The Labute approximate surface area is 154 Å². The van der Waals surface area contributed by atoms with Crippen molar-refractivity contribution >= 4 is 23.0 Å². The van der Waals surface area contributed by atoms with Crippen LogP contribution < -0.4 is 20.1 Å². The first-order valence-electron chi connectivity index (χ1n) is 8.68. The third-order valence-corrected chi connectivity index (χ3v) is 4.60. The van der Waals surface area contributed by atoms with Crippen LogP contribution in [0.1, 0.15) is 31.2 Å². The van der Waals surface area contributed by atoms with Gasteiger partial charge in [0.05, 0.1) is 13.2 Å². The molecule has 1 aliphatic rings. The molecule has 0 unspecified atom stereocenters. The molecule has 4 nitrogen and oxygen atoms in total. The van der Waals surface area contributed by atoms with E-state index in [1.54, 1.807) is 7.11 Å². The van der Waals surface area contributed by atoms with Crippen LogP contribution in [-0.4, -0.2) is 18.3 Å². The fourth-order valence-corrected chi connectivity index (χ4v) is 3.21. The van der Waals surface area contributed by atoms with Crippen LogP contribution in [0.4, 0.5) is 5.69 Å². The van der Waals surface area contributed by atoms with E-state index in [2.05, 4.69) is 10.6 Å². The molecule has 1 saturated carbocycles. The molecule has 0 saturated heterocycles. The molecule has 25 heavy (non-hydrogen) atoms. The summed E-state index contributed by atoms with van der Waals surface area (Å²) in [7, 11) is 1.67. The first-order chi connectivity index (χ1) is 12.2. The second-order valence-electron chi connectivity index (χ2n) is 6.17. The second kappa shape index (κ2) is 8.72. The number of rotatable bonds is 6. The van der Waals surface area contributed by atoms with E-state index in [-0.39, 0.29) is 0 Å². The minimum absolute atomic E-state index is 0.377. The van der Waals surface area contributed by atoms with Crippen LogP contribution in [0, 0.1) is 0 Å². The second-order valence-corrected chi connectivity index (χ2v) is 6.58. The third kappa shape index (κ3) is 5.10. The number of hydrogen-bond acceptors (Lipinski definition) is 3. The lowest BCUT2D eigenvalue weighted by Crippen LogP contribution is -2.28. The number of ether oxygens (including phenoxy) is 2. The van der Waals surface area contributed by atoms with Crippen LogP contribution in [0.3, 0.4) is 0 Å². The van der Waals surface area contributed by atoms with Gasteiger partial charge in [-0.15, -0.1) is 0 Å². The third-order valence-electron chi connectivity index (χ3n) is 4.35. The van der Waals surface area contributed by atoms with Gasteiger partial charge in [-0.3, -0.25) is 0 Å². The Bertz CT molecular complexity index is 697. The molecule has 0 aliphatic heterocycles. The van der Waals surface area contributed by atoms with Gasteiger partial charge in [0.2, 0.25) is 0 Å². The van der Waals surface area contributed by atoms with E-state index in [4.69, 9.17) is 21.7 Å². The Hall–Kier alpha value is -2.27. The van der Waals surface area contributed by atoms with E-state index in [0.717, 1.165) is 35.6 Å². The molecule has 0 bridgehead atoms. The maximum absolute atomic E-state index is 5.98. The van der Waals surface area contributed by atoms with E-state index < -0.39 is 0 Å². The molecule has 5 heteroatoms. The summed E-state index contributed by atoms with van der Waals surface area (Å²) in [5.41, 5.74) is 2.01. The molecular weight excluding hydrogens is 332 g/mol. The maximum Gasteiger partial charge on any atom is 0.171 e. The highest BCUT2D eigenvalue weighted by atomic mass is 32.1. The Morgan fingerprint density at radius 1 is 1.08 bits per heavy atom. The summed E-state index contributed by atoms with van der Waals surface area (Å²) >= 11 is 5.37. The molecule has 2 aromatic carbocycles. The van der Waals surface area contributed by atoms with E-state index in [9.17, 15) is 0 Å². The van der Waals surface area contributed by atoms with Crippen LogP contribution in [0.25, 0.3) is 0 Å². The lowest BCUT2D eigenvalue weighted by molar-refractivity contribution is 0.210. The van der Waals surface area contributed by atoms with Crippen LogP contribution in [0.2, 0.25) is 0 Å². The van der Waals surface area contributed by atoms with Gasteiger partial charge in [-0.2, -0.15) is 0 Å². The molecule has 0 amide bonds. The van der Waals surface area contributed by atoms with Crippen molar-refractivity contribution in [2.45, 2.75) is 38.3 Å². The van der Waals surface area contributed by atoms with Gasteiger partial charge in [0.25, 0.3) is 0 Å². The Morgan fingerprint density at radius 2 is 1.80 bits per heavy atom. The van der Waals surface area contributed by atoms with Crippen molar-refractivity contribution in [3.05, 3.63) is 54.1 Å². The van der Waals surface area contributed by atoms with Gasteiger partial charge >= 0.3 is 0 Å². The normalized spacial score (nSPS) is 14.1. The van der Waals surface area contributed by atoms with Gasteiger partial charge in [-0.05, 0) is 68.2 Å². The highest BCUT2D eigenvalue weighted by Gasteiger charge is 2.16. The fraction of sp³-hybridized carbons (Fsp3) is 0.350. The smallest absolute Gasteiger partial charge is 0.171 e. The lowest BCUT2D eigenvalue weighted by atomic mass is 10.2. The zero-order valence-electron chi connectivity index (χ0n) is 14.5. The van der Waals surface area contributed by atoms with Crippen molar-refractivity contribution in [1.82, 2.24) is 5.32 Å². The van der Waals surface area contributed by atoms with Gasteiger partial charge in [-0.1, -0.05) is 18.2 Å². The Morgan fingerprint density at radius 3 is 2.52 bits per heavy atom. The molecule has 0 aromatic heterocycles. The van der Waals surface area contributed by atoms with Gasteiger partial charge < -0.3 is 20.1 Å². The van der Waals surface area contributed by atoms with Crippen molar-refractivity contribution in [2.75, 3.05) is 12.4 Å². The van der Waals surface area contributed by atoms with Crippen molar-refractivity contribution in [3.8, 4) is 11.5 Å². The Balaban J connectivity index is 1.49. The quantitative estimate of drug-likeness (QED) is 0.746. The lowest BCUT2D eigenvalue weighted by Gasteiger charge is -2.15. The minimum Gasteiger partial charge on any atom is -0.496 e. The summed E-state index contributed by atoms with van der Waals surface area (Å²) in [6.07, 6.45) is 5.25. The highest BCUT2D eigenvalue weighted by Crippen LogP contribution is 2.25. The minimum atomic E-state index is 0.377. The Kier molecular flexibility index (Phi) is 6.12. The van der Waals surface area contributed by atoms with E-state index in [1.807, 2.05) is 48.5 Å². The van der Waals surface area contributed by atoms with Crippen LogP contribution in [0.5, 0.6) is 11.5 Å². The number of thiocarbonyl (C=S) groups is 1. The molecular formula is C20H24N2O2S. The fourth-order valence-electron chi connectivity index (χ4n) is 3.02. The molecule has 132 valence electrons. The first-order valence-corrected chi connectivity index (χ1v) is 9.09. The number of anilines is 1. The molecule has 0 spiro atoms. The van der Waals surface area contributed by atoms with Gasteiger partial charge in [-0.25, -0.2) is 0 Å². The molecule has 0 atom stereocenters. The monoisotopic (exact) mass is 356 g/mol. The SMILES string of the molecule is COc1ccccc1CNC(=S)Nc1ccc(OC2CCCC2)cc1. The summed E-state index contributed by atoms with van der Waals surface area (Å²) in [5, 5.41) is 6.98. The predicted molar refractivity (Wildman–Crippen MR) is 105 cm³/mol. The highest BCUT2D eigenvalue weighted by molar-refractivity contribution is 7.80. The van der Waals surface area contributed by atoms with E-state index in [1.165, 1.54) is 12.8 Å². The van der Waals surface area contributed by atoms with Crippen LogP contribution in [0.15, 0.2) is 48.5 Å². The maximum atomic E-state index is 5.98. The summed E-state index contributed by atoms with van der Waals surface area (Å²) in [4.78, 5) is 0. The van der Waals surface area contributed by atoms with Crippen molar-refractivity contribution in [1.29, 1.82) is 0 Å². The van der Waals surface area contributed by atoms with Crippen molar-refractivity contribution in [3.63, 3.8) is 0 Å².